The van der Waals surface area contributed by atoms with E-state index in [1.807, 2.05) is 25.2 Å². The van der Waals surface area contributed by atoms with Crippen molar-refractivity contribution in [2.75, 3.05) is 18.5 Å². The lowest BCUT2D eigenvalue weighted by molar-refractivity contribution is 0.0697. The molecule has 5 nitrogen and oxygen atoms in total. The fraction of sp³-hybridized carbons (Fsp3) is 0.231. The average molecular weight is 244 g/mol. The molecule has 1 aliphatic heterocycles. The van der Waals surface area contributed by atoms with Crippen molar-refractivity contribution < 1.29 is 14.4 Å². The summed E-state index contributed by atoms with van der Waals surface area (Å²) in [5.41, 5.74) is 3.26. The van der Waals surface area contributed by atoms with E-state index in [4.69, 9.17) is 9.63 Å². The van der Waals surface area contributed by atoms with Crippen LogP contribution >= 0.6 is 0 Å². The molecule has 0 radical (unpaired) electrons. The third-order valence-corrected chi connectivity index (χ3v) is 3.27. The predicted octanol–water partition coefficient (Wildman–Crippen LogP) is 2.03. The summed E-state index contributed by atoms with van der Waals surface area (Å²) in [6.07, 6.45) is 2.20. The van der Waals surface area contributed by atoms with Crippen molar-refractivity contribution in [3.63, 3.8) is 0 Å². The lowest BCUT2D eigenvalue weighted by Gasteiger charge is -2.11. The van der Waals surface area contributed by atoms with Gasteiger partial charge < -0.3 is 14.5 Å². The monoisotopic (exact) mass is 244 g/mol. The number of rotatable bonds is 2. The number of hydrogen-bond donors (Lipinski definition) is 1. The molecule has 3 rings (SSSR count). The third kappa shape index (κ3) is 1.55. The van der Waals surface area contributed by atoms with Gasteiger partial charge in [0.1, 0.15) is 5.56 Å². The topological polar surface area (TPSA) is 66.6 Å². The number of aromatic nitrogens is 1. The lowest BCUT2D eigenvalue weighted by atomic mass is 10.0. The minimum atomic E-state index is -1.02. The van der Waals surface area contributed by atoms with Crippen molar-refractivity contribution in [2.45, 2.75) is 6.42 Å². The molecule has 1 aliphatic rings. The first-order valence-corrected chi connectivity index (χ1v) is 5.69. The summed E-state index contributed by atoms with van der Waals surface area (Å²) in [6, 6.07) is 5.84. The first kappa shape index (κ1) is 10.8. The smallest absolute Gasteiger partial charge is 0.341 e. The molecular weight excluding hydrogens is 232 g/mol. The molecule has 0 amide bonds. The van der Waals surface area contributed by atoms with Gasteiger partial charge in [0.2, 0.25) is 0 Å². The van der Waals surface area contributed by atoms with E-state index in [9.17, 15) is 4.79 Å². The first-order chi connectivity index (χ1) is 8.66. The zero-order chi connectivity index (χ0) is 12.7. The largest absolute Gasteiger partial charge is 0.477 e. The van der Waals surface area contributed by atoms with Gasteiger partial charge in [0.15, 0.2) is 5.76 Å². The number of aromatic carboxylic acids is 1. The van der Waals surface area contributed by atoms with Gasteiger partial charge in [-0.1, -0.05) is 5.16 Å². The van der Waals surface area contributed by atoms with Crippen LogP contribution in [0.3, 0.4) is 0 Å². The number of nitrogens with zero attached hydrogens (tertiary/aromatic N) is 2. The molecule has 0 spiro atoms. The van der Waals surface area contributed by atoms with E-state index in [1.54, 1.807) is 0 Å². The van der Waals surface area contributed by atoms with Gasteiger partial charge in [-0.05, 0) is 30.2 Å². The Hall–Kier alpha value is -2.30. The summed E-state index contributed by atoms with van der Waals surface area (Å²) in [5, 5.41) is 12.6. The lowest BCUT2D eigenvalue weighted by Crippen LogP contribution is -2.12. The van der Waals surface area contributed by atoms with Crippen LogP contribution in [0.15, 0.2) is 28.9 Å². The number of hydrogen-bond acceptors (Lipinski definition) is 4. The van der Waals surface area contributed by atoms with Gasteiger partial charge in [0.25, 0.3) is 0 Å². The Labute approximate surface area is 104 Å². The number of fused-ring (bicyclic) bond motifs is 1. The molecule has 0 saturated heterocycles. The summed E-state index contributed by atoms with van der Waals surface area (Å²) in [7, 11) is 2.04. The van der Waals surface area contributed by atoms with Gasteiger partial charge in [-0.15, -0.1) is 0 Å². The number of anilines is 1. The Morgan fingerprint density at radius 2 is 2.33 bits per heavy atom. The highest BCUT2D eigenvalue weighted by atomic mass is 16.5. The molecule has 0 fully saturated rings. The molecule has 5 heteroatoms. The quantitative estimate of drug-likeness (QED) is 0.875. The van der Waals surface area contributed by atoms with Crippen molar-refractivity contribution in [1.29, 1.82) is 0 Å². The van der Waals surface area contributed by atoms with Crippen LogP contribution in [0.2, 0.25) is 0 Å². The van der Waals surface area contributed by atoms with Crippen LogP contribution in [0.4, 0.5) is 5.69 Å². The maximum absolute atomic E-state index is 11.0. The molecule has 0 atom stereocenters. The van der Waals surface area contributed by atoms with E-state index in [1.165, 1.54) is 17.4 Å². The Morgan fingerprint density at radius 3 is 3.11 bits per heavy atom. The zero-order valence-electron chi connectivity index (χ0n) is 9.88. The Kier molecular flexibility index (Phi) is 2.33. The van der Waals surface area contributed by atoms with Crippen molar-refractivity contribution in [3.8, 4) is 11.3 Å². The van der Waals surface area contributed by atoms with Gasteiger partial charge in [-0.2, -0.15) is 0 Å². The fourth-order valence-corrected chi connectivity index (χ4v) is 2.31. The zero-order valence-corrected chi connectivity index (χ0v) is 9.88. The average Bonchev–Trinajstić information content (AvgIpc) is 2.96. The molecule has 0 saturated carbocycles. The SMILES string of the molecule is CN1CCc2cc(-c3oncc3C(=O)O)ccc21. The normalized spacial score (nSPS) is 13.7. The molecule has 2 aromatic rings. The summed E-state index contributed by atoms with van der Waals surface area (Å²) < 4.78 is 5.05. The van der Waals surface area contributed by atoms with E-state index < -0.39 is 5.97 Å². The maximum Gasteiger partial charge on any atom is 0.341 e. The second-order valence-corrected chi connectivity index (χ2v) is 4.39. The summed E-state index contributed by atoms with van der Waals surface area (Å²) in [4.78, 5) is 13.2. The number of carboxylic acid groups (broad SMARTS) is 1. The van der Waals surface area contributed by atoms with E-state index >= 15 is 0 Å². The molecule has 1 aromatic heterocycles. The van der Waals surface area contributed by atoms with Gasteiger partial charge in [-0.3, -0.25) is 0 Å². The van der Waals surface area contributed by atoms with E-state index in [0.717, 1.165) is 18.5 Å². The van der Waals surface area contributed by atoms with Crippen molar-refractivity contribution in [1.82, 2.24) is 5.16 Å². The van der Waals surface area contributed by atoms with Crippen molar-refractivity contribution in [3.05, 3.63) is 35.5 Å². The molecule has 0 bridgehead atoms. The minimum absolute atomic E-state index is 0.0984. The van der Waals surface area contributed by atoms with Crippen molar-refractivity contribution >= 4 is 11.7 Å². The highest BCUT2D eigenvalue weighted by Crippen LogP contribution is 2.32. The number of carboxylic acids is 1. The Morgan fingerprint density at radius 1 is 1.50 bits per heavy atom. The number of benzene rings is 1. The fourth-order valence-electron chi connectivity index (χ4n) is 2.31. The standard InChI is InChI=1S/C13H12N2O3/c1-15-5-4-8-6-9(2-3-11(8)15)12-10(13(16)17)7-14-18-12/h2-3,6-7H,4-5H2,1H3,(H,16,17). The Balaban J connectivity index is 2.08. The molecule has 1 N–H and O–H groups in total. The minimum Gasteiger partial charge on any atom is -0.477 e. The number of likely N-dealkylation sites (N-methyl/N-ethyl adjacent to an activating group) is 1. The Bertz CT molecular complexity index is 618. The molecule has 0 aliphatic carbocycles. The highest BCUT2D eigenvalue weighted by molar-refractivity contribution is 5.94. The molecule has 0 unspecified atom stereocenters. The predicted molar refractivity (Wildman–Crippen MR) is 65.9 cm³/mol. The van der Waals surface area contributed by atoms with Gasteiger partial charge in [-0.25, -0.2) is 4.79 Å². The van der Waals surface area contributed by atoms with Crippen LogP contribution in [0.25, 0.3) is 11.3 Å². The summed E-state index contributed by atoms with van der Waals surface area (Å²) in [5.74, 6) is -0.705. The molecule has 92 valence electrons. The van der Waals surface area contributed by atoms with Crippen LogP contribution in [-0.4, -0.2) is 29.8 Å². The van der Waals surface area contributed by atoms with E-state index in [0.29, 0.717) is 5.76 Å². The maximum atomic E-state index is 11.0. The summed E-state index contributed by atoms with van der Waals surface area (Å²) >= 11 is 0. The van der Waals surface area contributed by atoms with E-state index in [-0.39, 0.29) is 5.56 Å². The molecular formula is C13H12N2O3. The highest BCUT2D eigenvalue weighted by Gasteiger charge is 2.20. The van der Waals surface area contributed by atoms with Crippen LogP contribution < -0.4 is 4.90 Å². The van der Waals surface area contributed by atoms with Gasteiger partial charge >= 0.3 is 5.97 Å². The first-order valence-electron chi connectivity index (χ1n) is 5.69. The molecule has 2 heterocycles. The van der Waals surface area contributed by atoms with Crippen LogP contribution in [-0.2, 0) is 6.42 Å². The van der Waals surface area contributed by atoms with Gasteiger partial charge in [0.05, 0.1) is 6.20 Å². The van der Waals surface area contributed by atoms with Crippen LogP contribution in [0, 0.1) is 0 Å². The number of carbonyl (C=O) groups is 1. The third-order valence-electron chi connectivity index (χ3n) is 3.27. The van der Waals surface area contributed by atoms with Crippen LogP contribution in [0.5, 0.6) is 0 Å². The van der Waals surface area contributed by atoms with Crippen LogP contribution in [0.1, 0.15) is 15.9 Å². The molecule has 18 heavy (non-hydrogen) atoms. The second kappa shape index (κ2) is 3.87. The molecule has 1 aromatic carbocycles. The van der Waals surface area contributed by atoms with E-state index in [2.05, 4.69) is 10.1 Å². The summed E-state index contributed by atoms with van der Waals surface area (Å²) in [6.45, 7) is 0.987. The second-order valence-electron chi connectivity index (χ2n) is 4.39. The van der Waals surface area contributed by atoms with Crippen molar-refractivity contribution in [2.24, 2.45) is 0 Å². The van der Waals surface area contributed by atoms with Gasteiger partial charge in [0, 0.05) is 24.8 Å².